The number of ether oxygens (including phenoxy) is 1. The molecule has 0 saturated carbocycles. The molecule has 2 aliphatic heterocycles. The molecular weight excluding hydrogens is 330 g/mol. The SMILES string of the molecule is CCOC(=O)C1=C(CN2CCCc3cc(Cl)ccc32)NC(=O)NC1. The van der Waals surface area contributed by atoms with Gasteiger partial charge in [0.25, 0.3) is 0 Å². The minimum absolute atomic E-state index is 0.182. The first-order chi connectivity index (χ1) is 11.6. The molecule has 7 heteroatoms. The van der Waals surface area contributed by atoms with Gasteiger partial charge >= 0.3 is 12.0 Å². The molecule has 0 radical (unpaired) electrons. The Kier molecular flexibility index (Phi) is 4.94. The first-order valence-electron chi connectivity index (χ1n) is 8.06. The fourth-order valence-electron chi connectivity index (χ4n) is 3.08. The van der Waals surface area contributed by atoms with Crippen molar-refractivity contribution < 1.29 is 14.3 Å². The summed E-state index contributed by atoms with van der Waals surface area (Å²) in [6.07, 6.45) is 1.98. The van der Waals surface area contributed by atoms with Crippen molar-refractivity contribution >= 4 is 29.3 Å². The lowest BCUT2D eigenvalue weighted by molar-refractivity contribution is -0.138. The van der Waals surface area contributed by atoms with Crippen molar-refractivity contribution in [2.75, 3.05) is 31.1 Å². The van der Waals surface area contributed by atoms with E-state index in [2.05, 4.69) is 15.5 Å². The molecular formula is C17H20ClN3O3. The van der Waals surface area contributed by atoms with E-state index in [0.29, 0.717) is 24.4 Å². The zero-order valence-electron chi connectivity index (χ0n) is 13.5. The Bertz CT molecular complexity index is 702. The van der Waals surface area contributed by atoms with Gasteiger partial charge in [-0.25, -0.2) is 9.59 Å². The van der Waals surface area contributed by atoms with Crippen LogP contribution in [0.1, 0.15) is 18.9 Å². The van der Waals surface area contributed by atoms with Crippen molar-refractivity contribution in [3.05, 3.63) is 40.1 Å². The van der Waals surface area contributed by atoms with Crippen LogP contribution < -0.4 is 15.5 Å². The van der Waals surface area contributed by atoms with Gasteiger partial charge in [0.1, 0.15) is 0 Å². The number of amides is 2. The summed E-state index contributed by atoms with van der Waals surface area (Å²) < 4.78 is 5.10. The highest BCUT2D eigenvalue weighted by atomic mass is 35.5. The summed E-state index contributed by atoms with van der Waals surface area (Å²) >= 11 is 6.08. The second kappa shape index (κ2) is 7.13. The van der Waals surface area contributed by atoms with Crippen molar-refractivity contribution in [1.29, 1.82) is 0 Å². The third-order valence-electron chi connectivity index (χ3n) is 4.18. The first kappa shape index (κ1) is 16.6. The highest BCUT2D eigenvalue weighted by Crippen LogP contribution is 2.30. The molecule has 0 atom stereocenters. The van der Waals surface area contributed by atoms with Gasteiger partial charge in [0.15, 0.2) is 0 Å². The van der Waals surface area contributed by atoms with Crippen LogP contribution in [0.25, 0.3) is 0 Å². The summed E-state index contributed by atoms with van der Waals surface area (Å²) in [7, 11) is 0. The predicted molar refractivity (Wildman–Crippen MR) is 92.2 cm³/mol. The van der Waals surface area contributed by atoms with E-state index >= 15 is 0 Å². The topological polar surface area (TPSA) is 70.7 Å². The molecule has 0 fully saturated rings. The van der Waals surface area contributed by atoms with Gasteiger partial charge in [-0.15, -0.1) is 0 Å². The molecule has 1 aromatic rings. The number of hydrogen-bond donors (Lipinski definition) is 2. The smallest absolute Gasteiger partial charge is 0.337 e. The standard InChI is InChI=1S/C17H20ClN3O3/c1-2-24-16(22)13-9-19-17(23)20-14(13)10-21-7-3-4-11-8-12(18)5-6-15(11)21/h5-6,8H,2-4,7,9-10H2,1H3,(H2,19,20,23). The number of nitrogens with one attached hydrogen (secondary N) is 2. The van der Waals surface area contributed by atoms with Crippen LogP contribution in [-0.4, -0.2) is 38.2 Å². The molecule has 2 aliphatic rings. The normalized spacial score (nSPS) is 17.1. The fraction of sp³-hybridized carbons (Fsp3) is 0.412. The minimum Gasteiger partial charge on any atom is -0.463 e. The molecule has 0 unspecified atom stereocenters. The van der Waals surface area contributed by atoms with E-state index < -0.39 is 5.97 Å². The number of anilines is 1. The zero-order valence-corrected chi connectivity index (χ0v) is 14.3. The number of hydrogen-bond acceptors (Lipinski definition) is 4. The van der Waals surface area contributed by atoms with Crippen molar-refractivity contribution in [2.45, 2.75) is 19.8 Å². The highest BCUT2D eigenvalue weighted by Gasteiger charge is 2.26. The van der Waals surface area contributed by atoms with Gasteiger partial charge in [0, 0.05) is 17.3 Å². The van der Waals surface area contributed by atoms with Crippen molar-refractivity contribution in [3.63, 3.8) is 0 Å². The van der Waals surface area contributed by atoms with E-state index in [1.807, 2.05) is 18.2 Å². The molecule has 0 bridgehead atoms. The number of rotatable bonds is 4. The zero-order chi connectivity index (χ0) is 17.1. The average molecular weight is 350 g/mol. The number of halogens is 1. The van der Waals surface area contributed by atoms with Gasteiger partial charge in [-0.2, -0.15) is 0 Å². The molecule has 2 N–H and O–H groups in total. The molecule has 128 valence electrons. The van der Waals surface area contributed by atoms with Gasteiger partial charge < -0.3 is 20.3 Å². The Hall–Kier alpha value is -2.21. The Labute approximate surface area is 145 Å². The minimum atomic E-state index is -0.395. The second-order valence-corrected chi connectivity index (χ2v) is 6.22. The van der Waals surface area contributed by atoms with Crippen LogP contribution in [0.15, 0.2) is 29.5 Å². The molecule has 2 amide bonds. The van der Waals surface area contributed by atoms with Gasteiger partial charge in [-0.1, -0.05) is 11.6 Å². The molecule has 1 aromatic carbocycles. The van der Waals surface area contributed by atoms with Crippen LogP contribution in [0.3, 0.4) is 0 Å². The van der Waals surface area contributed by atoms with Crippen LogP contribution in [0.2, 0.25) is 5.02 Å². The molecule has 0 saturated heterocycles. The largest absolute Gasteiger partial charge is 0.463 e. The first-order valence-corrected chi connectivity index (χ1v) is 8.43. The van der Waals surface area contributed by atoms with Gasteiger partial charge in [-0.3, -0.25) is 0 Å². The number of aryl methyl sites for hydroxylation is 1. The molecule has 3 rings (SSSR count). The number of benzene rings is 1. The number of fused-ring (bicyclic) bond motifs is 1. The van der Waals surface area contributed by atoms with Crippen LogP contribution >= 0.6 is 11.6 Å². The van der Waals surface area contributed by atoms with E-state index in [4.69, 9.17) is 16.3 Å². The lowest BCUT2D eigenvalue weighted by Gasteiger charge is -2.33. The lowest BCUT2D eigenvalue weighted by atomic mass is 10.0. The summed E-state index contributed by atoms with van der Waals surface area (Å²) in [5.41, 5.74) is 3.35. The molecule has 2 heterocycles. The fourth-order valence-corrected chi connectivity index (χ4v) is 3.27. The van der Waals surface area contributed by atoms with E-state index in [0.717, 1.165) is 30.1 Å². The summed E-state index contributed by atoms with van der Waals surface area (Å²) in [5.74, 6) is -0.395. The number of nitrogens with zero attached hydrogens (tertiary/aromatic N) is 1. The summed E-state index contributed by atoms with van der Waals surface area (Å²) in [5, 5.41) is 6.10. The third kappa shape index (κ3) is 3.48. The molecule has 0 aromatic heterocycles. The van der Waals surface area contributed by atoms with Crippen LogP contribution in [0.4, 0.5) is 10.5 Å². The maximum Gasteiger partial charge on any atom is 0.337 e. The average Bonchev–Trinajstić information content (AvgIpc) is 2.55. The Balaban J connectivity index is 1.88. The van der Waals surface area contributed by atoms with Crippen molar-refractivity contribution in [2.24, 2.45) is 0 Å². The molecule has 0 spiro atoms. The second-order valence-electron chi connectivity index (χ2n) is 5.78. The van der Waals surface area contributed by atoms with Crippen molar-refractivity contribution in [3.8, 4) is 0 Å². The Morgan fingerprint density at radius 2 is 2.25 bits per heavy atom. The van der Waals surface area contributed by atoms with E-state index in [9.17, 15) is 9.59 Å². The quantitative estimate of drug-likeness (QED) is 0.818. The summed E-state index contributed by atoms with van der Waals surface area (Å²) in [6, 6.07) is 5.53. The summed E-state index contributed by atoms with van der Waals surface area (Å²) in [6.45, 7) is 3.56. The van der Waals surface area contributed by atoms with E-state index in [1.165, 1.54) is 5.56 Å². The summed E-state index contributed by atoms with van der Waals surface area (Å²) in [4.78, 5) is 26.0. The maximum atomic E-state index is 12.1. The number of carbonyl (C=O) groups is 2. The lowest BCUT2D eigenvalue weighted by Crippen LogP contribution is -2.47. The van der Waals surface area contributed by atoms with Crippen molar-refractivity contribution in [1.82, 2.24) is 10.6 Å². The van der Waals surface area contributed by atoms with Crippen LogP contribution in [0, 0.1) is 0 Å². The number of esters is 1. The number of carbonyl (C=O) groups excluding carboxylic acids is 2. The maximum absolute atomic E-state index is 12.1. The Morgan fingerprint density at radius 3 is 3.04 bits per heavy atom. The van der Waals surface area contributed by atoms with Gasteiger partial charge in [-0.05, 0) is 43.5 Å². The Morgan fingerprint density at radius 1 is 1.42 bits per heavy atom. The van der Waals surface area contributed by atoms with Gasteiger partial charge in [0.2, 0.25) is 0 Å². The monoisotopic (exact) mass is 349 g/mol. The van der Waals surface area contributed by atoms with Crippen LogP contribution in [0.5, 0.6) is 0 Å². The van der Waals surface area contributed by atoms with Gasteiger partial charge in [0.05, 0.1) is 31.0 Å². The molecule has 0 aliphatic carbocycles. The number of urea groups is 1. The van der Waals surface area contributed by atoms with Crippen LogP contribution in [-0.2, 0) is 16.0 Å². The molecule has 6 nitrogen and oxygen atoms in total. The van der Waals surface area contributed by atoms with E-state index in [1.54, 1.807) is 6.92 Å². The highest BCUT2D eigenvalue weighted by molar-refractivity contribution is 6.30. The van der Waals surface area contributed by atoms with E-state index in [-0.39, 0.29) is 12.6 Å². The predicted octanol–water partition coefficient (Wildman–Crippen LogP) is 2.22. The third-order valence-corrected chi connectivity index (χ3v) is 4.42. The molecule has 24 heavy (non-hydrogen) atoms.